The zero-order chi connectivity index (χ0) is 12.7. The van der Waals surface area contributed by atoms with Crippen LogP contribution in [0.15, 0.2) is 22.8 Å². The van der Waals surface area contributed by atoms with Gasteiger partial charge >= 0.3 is 0 Å². The molecule has 0 saturated carbocycles. The summed E-state index contributed by atoms with van der Waals surface area (Å²) in [5.41, 5.74) is 1.01. The van der Waals surface area contributed by atoms with Crippen molar-refractivity contribution in [2.45, 2.75) is 20.3 Å². The molecule has 0 atom stereocenters. The van der Waals surface area contributed by atoms with Gasteiger partial charge in [-0.3, -0.25) is 0 Å². The van der Waals surface area contributed by atoms with Crippen LogP contribution in [0.2, 0.25) is 5.15 Å². The molecule has 0 N–H and O–H groups in total. The van der Waals surface area contributed by atoms with Crippen molar-refractivity contribution in [2.24, 2.45) is 0 Å². The van der Waals surface area contributed by atoms with Crippen LogP contribution in [0.5, 0.6) is 0 Å². The lowest BCUT2D eigenvalue weighted by Crippen LogP contribution is -1.89. The van der Waals surface area contributed by atoms with Crippen molar-refractivity contribution in [1.29, 1.82) is 0 Å². The lowest BCUT2D eigenvalue weighted by molar-refractivity contribution is 0.576. The fraction of sp³-hybridized carbons (Fsp3) is 0.231. The molecule has 0 aliphatic rings. The number of rotatable bonds is 2. The Bertz CT molecular complexity index is 717. The Kier molecular flexibility index (Phi) is 2.84. The van der Waals surface area contributed by atoms with Crippen LogP contribution in [0, 0.1) is 6.92 Å². The van der Waals surface area contributed by atoms with E-state index in [0.717, 1.165) is 22.2 Å². The van der Waals surface area contributed by atoms with E-state index in [0.29, 0.717) is 16.7 Å². The Morgan fingerprint density at radius 1 is 1.39 bits per heavy atom. The van der Waals surface area contributed by atoms with Crippen LogP contribution in [0.3, 0.4) is 0 Å². The van der Waals surface area contributed by atoms with Gasteiger partial charge in [0.25, 0.3) is 0 Å². The smallest absolute Gasteiger partial charge is 0.198 e. The highest BCUT2D eigenvalue weighted by Crippen LogP contribution is 2.32. The number of thiophene rings is 1. The number of furan rings is 1. The average Bonchev–Trinajstić information content (AvgIpc) is 2.94. The second kappa shape index (κ2) is 4.37. The molecule has 3 aromatic heterocycles. The highest BCUT2D eigenvalue weighted by molar-refractivity contribution is 7.18. The monoisotopic (exact) mass is 278 g/mol. The molecule has 5 heteroatoms. The fourth-order valence-electron chi connectivity index (χ4n) is 1.81. The third-order valence-corrected chi connectivity index (χ3v) is 4.27. The SMILES string of the molecule is CCc1cc2c(Cl)nc(-c3occc3C)nc2s1. The molecule has 3 heterocycles. The minimum atomic E-state index is 0.488. The molecule has 0 fully saturated rings. The van der Waals surface area contributed by atoms with Gasteiger partial charge in [-0.05, 0) is 31.0 Å². The lowest BCUT2D eigenvalue weighted by atomic mass is 10.2. The summed E-state index contributed by atoms with van der Waals surface area (Å²) in [5.74, 6) is 1.24. The van der Waals surface area contributed by atoms with Crippen molar-refractivity contribution >= 4 is 33.2 Å². The molecule has 18 heavy (non-hydrogen) atoms. The Balaban J connectivity index is 2.23. The molecule has 3 aromatic rings. The van der Waals surface area contributed by atoms with Crippen LogP contribution in [-0.2, 0) is 6.42 Å². The number of hydrogen-bond acceptors (Lipinski definition) is 4. The summed E-state index contributed by atoms with van der Waals surface area (Å²) >= 11 is 7.87. The van der Waals surface area contributed by atoms with Gasteiger partial charge in [0.05, 0.1) is 6.26 Å². The van der Waals surface area contributed by atoms with E-state index < -0.39 is 0 Å². The third-order valence-electron chi connectivity index (χ3n) is 2.81. The van der Waals surface area contributed by atoms with Gasteiger partial charge in [0.15, 0.2) is 11.6 Å². The van der Waals surface area contributed by atoms with Gasteiger partial charge in [0.2, 0.25) is 0 Å². The summed E-state index contributed by atoms with van der Waals surface area (Å²) in [4.78, 5) is 11.0. The van der Waals surface area contributed by atoms with Crippen molar-refractivity contribution in [1.82, 2.24) is 9.97 Å². The topological polar surface area (TPSA) is 38.9 Å². The minimum absolute atomic E-state index is 0.488. The number of fused-ring (bicyclic) bond motifs is 1. The van der Waals surface area contributed by atoms with E-state index in [1.807, 2.05) is 13.0 Å². The summed E-state index contributed by atoms with van der Waals surface area (Å²) in [6.07, 6.45) is 2.62. The van der Waals surface area contributed by atoms with Crippen LogP contribution in [-0.4, -0.2) is 9.97 Å². The first-order valence-electron chi connectivity index (χ1n) is 5.69. The van der Waals surface area contributed by atoms with Gasteiger partial charge in [0.1, 0.15) is 9.98 Å². The maximum atomic E-state index is 6.22. The largest absolute Gasteiger partial charge is 0.461 e. The highest BCUT2D eigenvalue weighted by atomic mass is 35.5. The van der Waals surface area contributed by atoms with Gasteiger partial charge in [-0.1, -0.05) is 18.5 Å². The second-order valence-electron chi connectivity index (χ2n) is 4.06. The van der Waals surface area contributed by atoms with Crippen molar-refractivity contribution in [3.8, 4) is 11.6 Å². The molecule has 0 saturated heterocycles. The van der Waals surface area contributed by atoms with Gasteiger partial charge < -0.3 is 4.42 Å². The maximum absolute atomic E-state index is 6.22. The van der Waals surface area contributed by atoms with Gasteiger partial charge in [-0.2, -0.15) is 0 Å². The predicted molar refractivity (Wildman–Crippen MR) is 74.2 cm³/mol. The molecule has 0 aromatic carbocycles. The van der Waals surface area contributed by atoms with E-state index in [2.05, 4.69) is 23.0 Å². The molecule has 0 radical (unpaired) electrons. The van der Waals surface area contributed by atoms with Crippen LogP contribution < -0.4 is 0 Å². The Morgan fingerprint density at radius 2 is 2.22 bits per heavy atom. The zero-order valence-electron chi connectivity index (χ0n) is 10.0. The van der Waals surface area contributed by atoms with E-state index in [9.17, 15) is 0 Å². The number of halogens is 1. The van der Waals surface area contributed by atoms with Gasteiger partial charge in [-0.15, -0.1) is 11.3 Å². The summed E-state index contributed by atoms with van der Waals surface area (Å²) in [7, 11) is 0. The van der Waals surface area contributed by atoms with E-state index in [4.69, 9.17) is 16.0 Å². The summed E-state index contributed by atoms with van der Waals surface area (Å²) in [5, 5.41) is 1.41. The first kappa shape index (κ1) is 11.7. The van der Waals surface area contributed by atoms with Crippen LogP contribution >= 0.6 is 22.9 Å². The standard InChI is InChI=1S/C13H11ClN2OS/c1-3-8-6-9-11(14)15-12(16-13(9)18-8)10-7(2)4-5-17-10/h4-6H,3H2,1-2H3. The first-order chi connectivity index (χ1) is 8.69. The molecule has 0 aliphatic heterocycles. The van der Waals surface area contributed by atoms with Gasteiger partial charge in [0, 0.05) is 10.3 Å². The van der Waals surface area contributed by atoms with E-state index in [-0.39, 0.29) is 0 Å². The molecule has 0 spiro atoms. The van der Waals surface area contributed by atoms with Crippen molar-refractivity contribution in [2.75, 3.05) is 0 Å². The summed E-state index contributed by atoms with van der Waals surface area (Å²) < 4.78 is 5.41. The Morgan fingerprint density at radius 3 is 2.89 bits per heavy atom. The zero-order valence-corrected chi connectivity index (χ0v) is 11.6. The van der Waals surface area contributed by atoms with Crippen LogP contribution in [0.25, 0.3) is 21.8 Å². The molecule has 3 rings (SSSR count). The van der Waals surface area contributed by atoms with Crippen LogP contribution in [0.1, 0.15) is 17.4 Å². The van der Waals surface area contributed by atoms with Crippen molar-refractivity contribution in [3.05, 3.63) is 34.0 Å². The van der Waals surface area contributed by atoms with Crippen LogP contribution in [0.4, 0.5) is 0 Å². The molecular formula is C13H11ClN2OS. The summed E-state index contributed by atoms with van der Waals surface area (Å²) in [6.45, 7) is 4.08. The Labute approximate surface area is 113 Å². The van der Waals surface area contributed by atoms with E-state index in [1.54, 1.807) is 17.6 Å². The average molecular weight is 279 g/mol. The van der Waals surface area contributed by atoms with Crippen molar-refractivity contribution in [3.63, 3.8) is 0 Å². The first-order valence-corrected chi connectivity index (χ1v) is 6.89. The van der Waals surface area contributed by atoms with E-state index >= 15 is 0 Å². The molecule has 0 bridgehead atoms. The minimum Gasteiger partial charge on any atom is -0.461 e. The molecule has 0 amide bonds. The normalized spacial score (nSPS) is 11.3. The number of aromatic nitrogens is 2. The fourth-order valence-corrected chi connectivity index (χ4v) is 3.06. The van der Waals surface area contributed by atoms with Crippen molar-refractivity contribution < 1.29 is 4.42 Å². The maximum Gasteiger partial charge on any atom is 0.198 e. The Hall–Kier alpha value is -1.39. The molecule has 3 nitrogen and oxygen atoms in total. The van der Waals surface area contributed by atoms with E-state index in [1.165, 1.54) is 4.88 Å². The number of aryl methyl sites for hydroxylation is 2. The molecular weight excluding hydrogens is 268 g/mol. The molecule has 0 unspecified atom stereocenters. The predicted octanol–water partition coefficient (Wildman–Crippen LogP) is 4.48. The third kappa shape index (κ3) is 1.82. The molecule has 92 valence electrons. The van der Waals surface area contributed by atoms with Gasteiger partial charge in [-0.25, -0.2) is 9.97 Å². The highest BCUT2D eigenvalue weighted by Gasteiger charge is 2.14. The quantitative estimate of drug-likeness (QED) is 0.649. The summed E-state index contributed by atoms with van der Waals surface area (Å²) in [6, 6.07) is 3.95. The second-order valence-corrected chi connectivity index (χ2v) is 5.53. The molecule has 0 aliphatic carbocycles. The number of hydrogen-bond donors (Lipinski definition) is 0. The number of nitrogens with zero attached hydrogens (tertiary/aromatic N) is 2. The lowest BCUT2D eigenvalue weighted by Gasteiger charge is -1.99.